The molecular formula is C18H17ClN2O3. The van der Waals surface area contributed by atoms with Crippen molar-refractivity contribution in [1.29, 1.82) is 5.26 Å². The average molecular weight is 345 g/mol. The highest BCUT2D eigenvalue weighted by Crippen LogP contribution is 2.28. The van der Waals surface area contributed by atoms with Gasteiger partial charge in [-0.25, -0.2) is 0 Å². The Morgan fingerprint density at radius 1 is 1.25 bits per heavy atom. The molecule has 2 aromatic carbocycles. The fourth-order valence-electron chi connectivity index (χ4n) is 2.06. The number of benzene rings is 2. The van der Waals surface area contributed by atoms with Gasteiger partial charge in [0.1, 0.15) is 11.5 Å². The van der Waals surface area contributed by atoms with Gasteiger partial charge >= 0.3 is 0 Å². The Bertz CT molecular complexity index is 799. The second-order valence-electron chi connectivity index (χ2n) is 5.21. The highest BCUT2D eigenvalue weighted by atomic mass is 35.5. The van der Waals surface area contributed by atoms with E-state index < -0.39 is 6.10 Å². The summed E-state index contributed by atoms with van der Waals surface area (Å²) < 4.78 is 10.8. The molecule has 0 fully saturated rings. The van der Waals surface area contributed by atoms with Crippen molar-refractivity contribution in [1.82, 2.24) is 0 Å². The van der Waals surface area contributed by atoms with Crippen LogP contribution in [0.25, 0.3) is 0 Å². The van der Waals surface area contributed by atoms with Crippen molar-refractivity contribution < 1.29 is 14.3 Å². The first-order chi connectivity index (χ1) is 11.4. The Balaban J connectivity index is 2.10. The lowest BCUT2D eigenvalue weighted by atomic mass is 10.2. The zero-order chi connectivity index (χ0) is 17.7. The van der Waals surface area contributed by atoms with E-state index in [0.29, 0.717) is 22.7 Å². The molecule has 24 heavy (non-hydrogen) atoms. The maximum atomic E-state index is 12.3. The number of carbonyl (C=O) groups is 1. The Kier molecular flexibility index (Phi) is 5.67. The van der Waals surface area contributed by atoms with Crippen molar-refractivity contribution in [2.45, 2.75) is 20.0 Å². The van der Waals surface area contributed by atoms with E-state index in [4.69, 9.17) is 26.3 Å². The quantitative estimate of drug-likeness (QED) is 0.891. The zero-order valence-electron chi connectivity index (χ0n) is 13.6. The standard InChI is InChI=1S/C18H17ClN2O3/c1-11-4-6-17(23-3)15(8-11)21-18(22)12(2)24-16-7-5-13(10-20)9-14(16)19/h4-9,12H,1-3H3,(H,21,22)/t12-/m0/s1. The number of amides is 1. The van der Waals surface area contributed by atoms with Crippen molar-refractivity contribution in [2.24, 2.45) is 0 Å². The monoisotopic (exact) mass is 344 g/mol. The van der Waals surface area contributed by atoms with E-state index in [1.54, 1.807) is 25.1 Å². The van der Waals surface area contributed by atoms with Crippen molar-refractivity contribution in [3.8, 4) is 17.6 Å². The van der Waals surface area contributed by atoms with Crippen LogP contribution in [0.15, 0.2) is 36.4 Å². The second-order valence-corrected chi connectivity index (χ2v) is 5.62. The molecule has 1 N–H and O–H groups in total. The van der Waals surface area contributed by atoms with Gasteiger partial charge in [0, 0.05) is 0 Å². The first-order valence-corrected chi connectivity index (χ1v) is 7.64. The molecule has 0 aliphatic carbocycles. The first-order valence-electron chi connectivity index (χ1n) is 7.26. The second kappa shape index (κ2) is 7.71. The third-order valence-electron chi connectivity index (χ3n) is 3.35. The van der Waals surface area contributed by atoms with Gasteiger partial charge in [-0.1, -0.05) is 17.7 Å². The molecule has 0 saturated carbocycles. The topological polar surface area (TPSA) is 71.3 Å². The van der Waals surface area contributed by atoms with Crippen LogP contribution in [0.4, 0.5) is 5.69 Å². The molecule has 0 aliphatic heterocycles. The molecule has 0 saturated heterocycles. The van der Waals surface area contributed by atoms with Gasteiger partial charge in [-0.05, 0) is 49.7 Å². The summed E-state index contributed by atoms with van der Waals surface area (Å²) in [6.07, 6.45) is -0.777. The van der Waals surface area contributed by atoms with Gasteiger partial charge in [0.15, 0.2) is 6.10 Å². The number of methoxy groups -OCH3 is 1. The van der Waals surface area contributed by atoms with Crippen LogP contribution >= 0.6 is 11.6 Å². The van der Waals surface area contributed by atoms with Crippen molar-refractivity contribution in [3.63, 3.8) is 0 Å². The van der Waals surface area contributed by atoms with Crippen LogP contribution in [0.1, 0.15) is 18.1 Å². The van der Waals surface area contributed by atoms with E-state index in [9.17, 15) is 4.79 Å². The van der Waals surface area contributed by atoms with Gasteiger partial charge in [0.2, 0.25) is 0 Å². The van der Waals surface area contributed by atoms with E-state index in [1.165, 1.54) is 13.2 Å². The van der Waals surface area contributed by atoms with Crippen LogP contribution in [-0.4, -0.2) is 19.1 Å². The fourth-order valence-corrected chi connectivity index (χ4v) is 2.29. The zero-order valence-corrected chi connectivity index (χ0v) is 14.3. The van der Waals surface area contributed by atoms with Crippen molar-refractivity contribution >= 4 is 23.2 Å². The summed E-state index contributed by atoms with van der Waals surface area (Å²) >= 11 is 6.06. The predicted molar refractivity (Wildman–Crippen MR) is 92.6 cm³/mol. The summed E-state index contributed by atoms with van der Waals surface area (Å²) in [5, 5.41) is 11.9. The smallest absolute Gasteiger partial charge is 0.265 e. The number of ether oxygens (including phenoxy) is 2. The summed E-state index contributed by atoms with van der Waals surface area (Å²) in [6, 6.07) is 12.1. The third kappa shape index (κ3) is 4.18. The molecular weight excluding hydrogens is 328 g/mol. The highest BCUT2D eigenvalue weighted by molar-refractivity contribution is 6.32. The van der Waals surface area contributed by atoms with E-state index >= 15 is 0 Å². The molecule has 2 rings (SSSR count). The maximum absolute atomic E-state index is 12.3. The summed E-state index contributed by atoms with van der Waals surface area (Å²) in [5.74, 6) is 0.575. The third-order valence-corrected chi connectivity index (χ3v) is 3.64. The molecule has 2 aromatic rings. The number of nitriles is 1. The summed E-state index contributed by atoms with van der Waals surface area (Å²) in [6.45, 7) is 3.54. The Morgan fingerprint density at radius 3 is 2.58 bits per heavy atom. The van der Waals surface area contributed by atoms with Crippen LogP contribution in [0.2, 0.25) is 5.02 Å². The van der Waals surface area contributed by atoms with Gasteiger partial charge in [0.05, 0.1) is 29.5 Å². The van der Waals surface area contributed by atoms with Gasteiger partial charge in [-0.15, -0.1) is 0 Å². The van der Waals surface area contributed by atoms with E-state index in [-0.39, 0.29) is 10.9 Å². The number of rotatable bonds is 5. The molecule has 0 bridgehead atoms. The van der Waals surface area contributed by atoms with E-state index in [1.807, 2.05) is 25.1 Å². The summed E-state index contributed by atoms with van der Waals surface area (Å²) in [7, 11) is 1.54. The SMILES string of the molecule is COc1ccc(C)cc1NC(=O)[C@H](C)Oc1ccc(C#N)cc1Cl. The first kappa shape index (κ1) is 17.6. The number of anilines is 1. The Labute approximate surface area is 145 Å². The van der Waals surface area contributed by atoms with E-state index in [2.05, 4.69) is 5.32 Å². The number of halogens is 1. The number of carbonyl (C=O) groups excluding carboxylic acids is 1. The van der Waals surface area contributed by atoms with Gasteiger partial charge in [0.25, 0.3) is 5.91 Å². The summed E-state index contributed by atoms with van der Waals surface area (Å²) in [5.41, 5.74) is 1.99. The van der Waals surface area contributed by atoms with Crippen LogP contribution in [0.5, 0.6) is 11.5 Å². The lowest BCUT2D eigenvalue weighted by Gasteiger charge is -2.17. The van der Waals surface area contributed by atoms with Crippen LogP contribution < -0.4 is 14.8 Å². The minimum atomic E-state index is -0.777. The molecule has 0 aromatic heterocycles. The van der Waals surface area contributed by atoms with Crippen LogP contribution in [-0.2, 0) is 4.79 Å². The van der Waals surface area contributed by atoms with Gasteiger partial charge in [-0.2, -0.15) is 5.26 Å². The molecule has 1 atom stereocenters. The predicted octanol–water partition coefficient (Wildman–Crippen LogP) is 3.93. The normalized spacial score (nSPS) is 11.3. The van der Waals surface area contributed by atoms with Gasteiger partial charge < -0.3 is 14.8 Å². The Morgan fingerprint density at radius 2 is 1.96 bits per heavy atom. The summed E-state index contributed by atoms with van der Waals surface area (Å²) in [4.78, 5) is 12.3. The van der Waals surface area contributed by atoms with E-state index in [0.717, 1.165) is 5.56 Å². The van der Waals surface area contributed by atoms with Crippen LogP contribution in [0, 0.1) is 18.3 Å². The maximum Gasteiger partial charge on any atom is 0.265 e. The molecule has 1 amide bonds. The molecule has 0 radical (unpaired) electrons. The molecule has 6 heteroatoms. The molecule has 0 aliphatic rings. The molecule has 5 nitrogen and oxygen atoms in total. The van der Waals surface area contributed by atoms with Crippen molar-refractivity contribution in [3.05, 3.63) is 52.5 Å². The molecule has 0 heterocycles. The molecule has 124 valence electrons. The number of aryl methyl sites for hydroxylation is 1. The number of nitrogens with one attached hydrogen (secondary N) is 1. The average Bonchev–Trinajstić information content (AvgIpc) is 2.56. The lowest BCUT2D eigenvalue weighted by Crippen LogP contribution is -2.30. The minimum Gasteiger partial charge on any atom is -0.495 e. The van der Waals surface area contributed by atoms with Crippen molar-refractivity contribution in [2.75, 3.05) is 12.4 Å². The number of nitrogens with zero attached hydrogens (tertiary/aromatic N) is 1. The van der Waals surface area contributed by atoms with Gasteiger partial charge in [-0.3, -0.25) is 4.79 Å². The minimum absolute atomic E-state index is 0.279. The number of hydrogen-bond acceptors (Lipinski definition) is 4. The largest absolute Gasteiger partial charge is 0.495 e. The van der Waals surface area contributed by atoms with Crippen LogP contribution in [0.3, 0.4) is 0 Å². The lowest BCUT2D eigenvalue weighted by molar-refractivity contribution is -0.122. The fraction of sp³-hybridized carbons (Fsp3) is 0.222. The molecule has 0 spiro atoms. The highest BCUT2D eigenvalue weighted by Gasteiger charge is 2.18. The Hall–Kier alpha value is -2.71. The number of hydrogen-bond donors (Lipinski definition) is 1. The molecule has 0 unspecified atom stereocenters.